The van der Waals surface area contributed by atoms with E-state index in [1.54, 1.807) is 0 Å². The lowest BCUT2D eigenvalue weighted by Crippen LogP contribution is -2.13. The highest BCUT2D eigenvalue weighted by molar-refractivity contribution is 6.31. The molecule has 0 aliphatic carbocycles. The summed E-state index contributed by atoms with van der Waals surface area (Å²) in [5.41, 5.74) is 4.61. The van der Waals surface area contributed by atoms with E-state index >= 15 is 0 Å². The normalized spacial score (nSPS) is 10.8. The summed E-state index contributed by atoms with van der Waals surface area (Å²) < 4.78 is 5.98. The van der Waals surface area contributed by atoms with Crippen molar-refractivity contribution in [2.45, 2.75) is 33.6 Å². The molecule has 2 rings (SSSR count). The molecule has 2 aromatic carbocycles. The van der Waals surface area contributed by atoms with Crippen LogP contribution in [0.5, 0.6) is 5.75 Å². The highest BCUT2D eigenvalue weighted by Gasteiger charge is 2.08. The third-order valence-corrected chi connectivity index (χ3v) is 4.14. The number of aryl methyl sites for hydroxylation is 1. The predicted octanol–water partition coefficient (Wildman–Crippen LogP) is 5.57. The maximum Gasteiger partial charge on any atom is 0.123 e. The number of rotatable bonds is 6. The van der Waals surface area contributed by atoms with E-state index in [1.165, 1.54) is 11.1 Å². The number of nitrogens with one attached hydrogen (secondary N) is 1. The van der Waals surface area contributed by atoms with E-state index in [2.05, 4.69) is 44.3 Å². The highest BCUT2D eigenvalue weighted by atomic mass is 35.5. The van der Waals surface area contributed by atoms with E-state index in [4.69, 9.17) is 16.3 Å². The number of benzene rings is 2. The first kappa shape index (κ1) is 16.7. The Kier molecular flexibility index (Phi) is 5.73. The minimum atomic E-state index is 0.457. The van der Waals surface area contributed by atoms with Gasteiger partial charge in [0.05, 0.1) is 0 Å². The van der Waals surface area contributed by atoms with Crippen LogP contribution in [0.3, 0.4) is 0 Å². The van der Waals surface area contributed by atoms with E-state index in [9.17, 15) is 0 Å². The first-order chi connectivity index (χ1) is 10.5. The van der Waals surface area contributed by atoms with Crippen molar-refractivity contribution in [2.75, 3.05) is 18.5 Å². The van der Waals surface area contributed by atoms with Crippen LogP contribution in [0.4, 0.5) is 5.69 Å². The second-order valence-corrected chi connectivity index (χ2v) is 6.29. The fourth-order valence-corrected chi connectivity index (χ4v) is 2.56. The Morgan fingerprint density at radius 1 is 1.14 bits per heavy atom. The lowest BCUT2D eigenvalue weighted by atomic mass is 10.0. The monoisotopic (exact) mass is 317 g/mol. The number of ether oxygens (including phenoxy) is 1. The van der Waals surface area contributed by atoms with Gasteiger partial charge in [0.25, 0.3) is 0 Å². The molecule has 0 aliphatic heterocycles. The molecule has 0 unspecified atom stereocenters. The van der Waals surface area contributed by atoms with Crippen molar-refractivity contribution in [3.8, 4) is 5.75 Å². The van der Waals surface area contributed by atoms with E-state index < -0.39 is 0 Å². The Labute approximate surface area is 138 Å². The van der Waals surface area contributed by atoms with E-state index in [-0.39, 0.29) is 0 Å². The van der Waals surface area contributed by atoms with Gasteiger partial charge in [0.15, 0.2) is 0 Å². The SMILES string of the molecule is Cc1ccc(C(C)C)c(OCCNc2cccc(Cl)c2C)c1. The Balaban J connectivity index is 1.94. The van der Waals surface area contributed by atoms with Crippen LogP contribution in [-0.2, 0) is 0 Å². The smallest absolute Gasteiger partial charge is 0.123 e. The van der Waals surface area contributed by atoms with Crippen LogP contribution in [0.1, 0.15) is 36.5 Å². The Bertz CT molecular complexity index is 637. The molecule has 1 N–H and O–H groups in total. The molecular formula is C19H24ClNO. The first-order valence-corrected chi connectivity index (χ1v) is 8.09. The molecule has 2 nitrogen and oxygen atoms in total. The number of hydrogen-bond donors (Lipinski definition) is 1. The van der Waals surface area contributed by atoms with Crippen molar-refractivity contribution in [3.05, 3.63) is 58.1 Å². The third-order valence-electron chi connectivity index (χ3n) is 3.73. The van der Waals surface area contributed by atoms with Gasteiger partial charge in [-0.25, -0.2) is 0 Å². The summed E-state index contributed by atoms with van der Waals surface area (Å²) in [6.07, 6.45) is 0. The largest absolute Gasteiger partial charge is 0.491 e. The summed E-state index contributed by atoms with van der Waals surface area (Å²) in [4.78, 5) is 0. The van der Waals surface area contributed by atoms with Gasteiger partial charge in [0.2, 0.25) is 0 Å². The summed E-state index contributed by atoms with van der Waals surface area (Å²) in [5.74, 6) is 1.44. The molecule has 0 spiro atoms. The molecular weight excluding hydrogens is 294 g/mol. The van der Waals surface area contributed by atoms with Crippen molar-refractivity contribution < 1.29 is 4.74 Å². The zero-order valence-corrected chi connectivity index (χ0v) is 14.5. The van der Waals surface area contributed by atoms with Crippen LogP contribution >= 0.6 is 11.6 Å². The summed E-state index contributed by atoms with van der Waals surface area (Å²) in [6.45, 7) is 9.84. The molecule has 2 aromatic rings. The summed E-state index contributed by atoms with van der Waals surface area (Å²) >= 11 is 6.12. The summed E-state index contributed by atoms with van der Waals surface area (Å²) in [6, 6.07) is 12.3. The number of hydrogen-bond acceptors (Lipinski definition) is 2. The minimum absolute atomic E-state index is 0.457. The van der Waals surface area contributed by atoms with Gasteiger partial charge in [0, 0.05) is 17.3 Å². The average Bonchev–Trinajstić information content (AvgIpc) is 2.47. The minimum Gasteiger partial charge on any atom is -0.491 e. The molecule has 22 heavy (non-hydrogen) atoms. The van der Waals surface area contributed by atoms with Crippen molar-refractivity contribution in [2.24, 2.45) is 0 Å². The molecule has 0 aromatic heterocycles. The van der Waals surface area contributed by atoms with Gasteiger partial charge in [-0.2, -0.15) is 0 Å². The fraction of sp³-hybridized carbons (Fsp3) is 0.368. The molecule has 0 fully saturated rings. The highest BCUT2D eigenvalue weighted by Crippen LogP contribution is 2.27. The molecule has 0 atom stereocenters. The van der Waals surface area contributed by atoms with Crippen LogP contribution in [0.2, 0.25) is 5.02 Å². The van der Waals surface area contributed by atoms with Gasteiger partial charge in [-0.15, -0.1) is 0 Å². The van der Waals surface area contributed by atoms with E-state index in [0.29, 0.717) is 12.5 Å². The lowest BCUT2D eigenvalue weighted by molar-refractivity contribution is 0.328. The Morgan fingerprint density at radius 3 is 2.64 bits per heavy atom. The Morgan fingerprint density at radius 2 is 1.91 bits per heavy atom. The maximum atomic E-state index is 6.12. The van der Waals surface area contributed by atoms with E-state index in [0.717, 1.165) is 28.6 Å². The molecule has 118 valence electrons. The average molecular weight is 318 g/mol. The lowest BCUT2D eigenvalue weighted by Gasteiger charge is -2.16. The zero-order valence-electron chi connectivity index (χ0n) is 13.7. The second-order valence-electron chi connectivity index (χ2n) is 5.88. The van der Waals surface area contributed by atoms with Crippen molar-refractivity contribution in [3.63, 3.8) is 0 Å². The molecule has 0 radical (unpaired) electrons. The molecule has 0 bridgehead atoms. The predicted molar refractivity (Wildman–Crippen MR) is 95.4 cm³/mol. The summed E-state index contributed by atoms with van der Waals surface area (Å²) in [7, 11) is 0. The second kappa shape index (κ2) is 7.55. The van der Waals surface area contributed by atoms with Gasteiger partial charge < -0.3 is 10.1 Å². The Hall–Kier alpha value is -1.67. The van der Waals surface area contributed by atoms with Gasteiger partial charge in [-0.1, -0.05) is 43.6 Å². The summed E-state index contributed by atoms with van der Waals surface area (Å²) in [5, 5.41) is 4.16. The quantitative estimate of drug-likeness (QED) is 0.703. The molecule has 3 heteroatoms. The first-order valence-electron chi connectivity index (χ1n) is 7.71. The molecule has 0 saturated heterocycles. The van der Waals surface area contributed by atoms with Crippen LogP contribution in [0, 0.1) is 13.8 Å². The van der Waals surface area contributed by atoms with Crippen molar-refractivity contribution in [1.82, 2.24) is 0 Å². The van der Waals surface area contributed by atoms with Crippen LogP contribution in [0.15, 0.2) is 36.4 Å². The maximum absolute atomic E-state index is 6.12. The van der Waals surface area contributed by atoms with E-state index in [1.807, 2.05) is 25.1 Å². The van der Waals surface area contributed by atoms with Crippen LogP contribution < -0.4 is 10.1 Å². The zero-order chi connectivity index (χ0) is 16.1. The van der Waals surface area contributed by atoms with Crippen LogP contribution in [-0.4, -0.2) is 13.2 Å². The van der Waals surface area contributed by atoms with Gasteiger partial charge in [-0.3, -0.25) is 0 Å². The topological polar surface area (TPSA) is 21.3 Å². The third kappa shape index (κ3) is 4.17. The van der Waals surface area contributed by atoms with Crippen molar-refractivity contribution >= 4 is 17.3 Å². The fourth-order valence-electron chi connectivity index (χ4n) is 2.39. The van der Waals surface area contributed by atoms with Crippen molar-refractivity contribution in [1.29, 1.82) is 0 Å². The molecule has 0 heterocycles. The molecule has 0 amide bonds. The van der Waals surface area contributed by atoms with Gasteiger partial charge >= 0.3 is 0 Å². The number of halogens is 1. The van der Waals surface area contributed by atoms with Gasteiger partial charge in [0.1, 0.15) is 12.4 Å². The standard InChI is InChI=1S/C19H24ClNO/c1-13(2)16-9-8-14(3)12-19(16)22-11-10-21-18-7-5-6-17(20)15(18)4/h5-9,12-13,21H,10-11H2,1-4H3. The van der Waals surface area contributed by atoms with Crippen LogP contribution in [0.25, 0.3) is 0 Å². The number of anilines is 1. The molecule has 0 saturated carbocycles. The van der Waals surface area contributed by atoms with Gasteiger partial charge in [-0.05, 0) is 54.7 Å². The molecule has 0 aliphatic rings.